The first-order valence-electron chi connectivity index (χ1n) is 5.83. The number of hydrogen-bond acceptors (Lipinski definition) is 3. The molecule has 0 radical (unpaired) electrons. The van der Waals surface area contributed by atoms with E-state index in [-0.39, 0.29) is 24.5 Å². The van der Waals surface area contributed by atoms with Gasteiger partial charge in [-0.3, -0.25) is 9.59 Å². The van der Waals surface area contributed by atoms with E-state index in [9.17, 15) is 9.59 Å². The molecule has 0 amide bonds. The average Bonchev–Trinajstić information content (AvgIpc) is 2.28. The Labute approximate surface area is 107 Å². The van der Waals surface area contributed by atoms with Crippen molar-refractivity contribution in [2.45, 2.75) is 26.7 Å². The second-order valence-electron chi connectivity index (χ2n) is 4.51. The Balaban J connectivity index is 2.75. The molecule has 0 heterocycles. The maximum Gasteiger partial charge on any atom is 0.303 e. The number of hydrogen-bond donors (Lipinski definition) is 1. The van der Waals surface area contributed by atoms with Crippen LogP contribution in [0.2, 0.25) is 0 Å². The number of carbonyl (C=O) groups is 2. The Morgan fingerprint density at radius 1 is 1.33 bits per heavy atom. The zero-order valence-corrected chi connectivity index (χ0v) is 10.9. The SMILES string of the molecule is COc1cc(C(=O)CC(C)CC(=O)O)ccc1C. The van der Waals surface area contributed by atoms with Crippen LogP contribution < -0.4 is 4.74 Å². The number of benzene rings is 1. The number of aryl methyl sites for hydroxylation is 1. The molecular formula is C14H18O4. The van der Waals surface area contributed by atoms with Gasteiger partial charge in [0.15, 0.2) is 5.78 Å². The van der Waals surface area contributed by atoms with Gasteiger partial charge in [-0.1, -0.05) is 19.1 Å². The van der Waals surface area contributed by atoms with Crippen LogP contribution in [0.15, 0.2) is 18.2 Å². The summed E-state index contributed by atoms with van der Waals surface area (Å²) < 4.78 is 5.16. The first-order valence-corrected chi connectivity index (χ1v) is 5.83. The van der Waals surface area contributed by atoms with E-state index < -0.39 is 5.97 Å². The minimum Gasteiger partial charge on any atom is -0.496 e. The fourth-order valence-electron chi connectivity index (χ4n) is 1.80. The van der Waals surface area contributed by atoms with Gasteiger partial charge in [-0.05, 0) is 24.5 Å². The third-order valence-corrected chi connectivity index (χ3v) is 2.79. The summed E-state index contributed by atoms with van der Waals surface area (Å²) in [5.74, 6) is -0.423. The second kappa shape index (κ2) is 6.19. The van der Waals surface area contributed by atoms with E-state index in [0.717, 1.165) is 5.56 Å². The molecule has 1 unspecified atom stereocenters. The molecule has 0 aliphatic rings. The highest BCUT2D eigenvalue weighted by atomic mass is 16.5. The highest BCUT2D eigenvalue weighted by molar-refractivity contribution is 5.96. The van der Waals surface area contributed by atoms with Crippen molar-refractivity contribution in [3.63, 3.8) is 0 Å². The molecule has 0 saturated carbocycles. The molecule has 0 aliphatic carbocycles. The summed E-state index contributed by atoms with van der Waals surface area (Å²) in [6, 6.07) is 5.27. The van der Waals surface area contributed by atoms with Crippen LogP contribution in [0.5, 0.6) is 5.75 Å². The Morgan fingerprint density at radius 3 is 2.56 bits per heavy atom. The first-order chi connectivity index (χ1) is 8.43. The maximum absolute atomic E-state index is 12.0. The Bertz CT molecular complexity index is 451. The van der Waals surface area contributed by atoms with Crippen LogP contribution in [0.1, 0.15) is 35.7 Å². The van der Waals surface area contributed by atoms with E-state index in [1.54, 1.807) is 26.2 Å². The molecule has 1 N–H and O–H groups in total. The average molecular weight is 250 g/mol. The van der Waals surface area contributed by atoms with Gasteiger partial charge in [0.05, 0.1) is 7.11 Å². The number of rotatable bonds is 6. The van der Waals surface area contributed by atoms with Crippen molar-refractivity contribution in [3.8, 4) is 5.75 Å². The van der Waals surface area contributed by atoms with Crippen LogP contribution in [0, 0.1) is 12.8 Å². The van der Waals surface area contributed by atoms with Crippen LogP contribution >= 0.6 is 0 Å². The predicted molar refractivity (Wildman–Crippen MR) is 68.1 cm³/mol. The normalized spacial score (nSPS) is 11.9. The summed E-state index contributed by atoms with van der Waals surface area (Å²) in [4.78, 5) is 22.5. The van der Waals surface area contributed by atoms with E-state index in [2.05, 4.69) is 0 Å². The molecule has 98 valence electrons. The molecule has 0 fully saturated rings. The maximum atomic E-state index is 12.0. The molecule has 1 aromatic rings. The van der Waals surface area contributed by atoms with Gasteiger partial charge in [0.2, 0.25) is 0 Å². The van der Waals surface area contributed by atoms with Crippen molar-refractivity contribution < 1.29 is 19.4 Å². The molecule has 0 saturated heterocycles. The fourth-order valence-corrected chi connectivity index (χ4v) is 1.80. The molecule has 0 aromatic heterocycles. The third kappa shape index (κ3) is 3.87. The van der Waals surface area contributed by atoms with Crippen molar-refractivity contribution in [1.29, 1.82) is 0 Å². The third-order valence-electron chi connectivity index (χ3n) is 2.79. The zero-order valence-electron chi connectivity index (χ0n) is 10.9. The quantitative estimate of drug-likeness (QED) is 0.788. The number of methoxy groups -OCH3 is 1. The van der Waals surface area contributed by atoms with Crippen LogP contribution in [0.25, 0.3) is 0 Å². The van der Waals surface area contributed by atoms with Gasteiger partial charge in [-0.2, -0.15) is 0 Å². The van der Waals surface area contributed by atoms with Gasteiger partial charge in [-0.15, -0.1) is 0 Å². The molecule has 0 bridgehead atoms. The molecular weight excluding hydrogens is 232 g/mol. The summed E-state index contributed by atoms with van der Waals surface area (Å²) in [6.07, 6.45) is 0.243. The van der Waals surface area contributed by atoms with Crippen LogP contribution in [-0.4, -0.2) is 24.0 Å². The highest BCUT2D eigenvalue weighted by Gasteiger charge is 2.15. The molecule has 0 aliphatic heterocycles. The Hall–Kier alpha value is -1.84. The van der Waals surface area contributed by atoms with Crippen molar-refractivity contribution in [1.82, 2.24) is 0 Å². The number of carboxylic acid groups (broad SMARTS) is 1. The van der Waals surface area contributed by atoms with Crippen LogP contribution in [-0.2, 0) is 4.79 Å². The Morgan fingerprint density at radius 2 is 2.00 bits per heavy atom. The lowest BCUT2D eigenvalue weighted by molar-refractivity contribution is -0.137. The minimum atomic E-state index is -0.878. The number of Topliss-reactive ketones (excluding diaryl/α,β-unsaturated/α-hetero) is 1. The molecule has 1 aromatic carbocycles. The summed E-state index contributed by atoms with van der Waals surface area (Å²) in [7, 11) is 1.56. The first kappa shape index (κ1) is 14.2. The smallest absolute Gasteiger partial charge is 0.303 e. The van der Waals surface area contributed by atoms with Crippen LogP contribution in [0.4, 0.5) is 0 Å². The molecule has 1 rings (SSSR count). The molecule has 18 heavy (non-hydrogen) atoms. The van der Waals surface area contributed by atoms with Gasteiger partial charge >= 0.3 is 5.97 Å². The number of carboxylic acids is 1. The van der Waals surface area contributed by atoms with Crippen molar-refractivity contribution in [2.75, 3.05) is 7.11 Å². The van der Waals surface area contributed by atoms with E-state index in [1.807, 2.05) is 13.0 Å². The molecule has 4 heteroatoms. The van der Waals surface area contributed by atoms with Crippen LogP contribution in [0.3, 0.4) is 0 Å². The fraction of sp³-hybridized carbons (Fsp3) is 0.429. The van der Waals surface area contributed by atoms with E-state index in [4.69, 9.17) is 9.84 Å². The molecule has 4 nitrogen and oxygen atoms in total. The summed E-state index contributed by atoms with van der Waals surface area (Å²) >= 11 is 0. The van der Waals surface area contributed by atoms with E-state index in [1.165, 1.54) is 0 Å². The second-order valence-corrected chi connectivity index (χ2v) is 4.51. The predicted octanol–water partition coefficient (Wildman–Crippen LogP) is 2.69. The lowest BCUT2D eigenvalue weighted by Crippen LogP contribution is -2.10. The van der Waals surface area contributed by atoms with Crippen molar-refractivity contribution in [3.05, 3.63) is 29.3 Å². The number of ether oxygens (including phenoxy) is 1. The van der Waals surface area contributed by atoms with Gasteiger partial charge in [0.25, 0.3) is 0 Å². The summed E-state index contributed by atoms with van der Waals surface area (Å²) in [5.41, 5.74) is 1.53. The Kier molecular flexibility index (Phi) is 4.89. The molecule has 1 atom stereocenters. The van der Waals surface area contributed by atoms with Gasteiger partial charge in [0, 0.05) is 18.4 Å². The van der Waals surface area contributed by atoms with E-state index >= 15 is 0 Å². The molecule has 0 spiro atoms. The van der Waals surface area contributed by atoms with Crippen molar-refractivity contribution in [2.24, 2.45) is 5.92 Å². The van der Waals surface area contributed by atoms with Gasteiger partial charge in [-0.25, -0.2) is 0 Å². The zero-order chi connectivity index (χ0) is 13.7. The van der Waals surface area contributed by atoms with Crippen molar-refractivity contribution >= 4 is 11.8 Å². The number of carbonyl (C=O) groups excluding carboxylic acids is 1. The largest absolute Gasteiger partial charge is 0.496 e. The van der Waals surface area contributed by atoms with Gasteiger partial charge < -0.3 is 9.84 Å². The van der Waals surface area contributed by atoms with E-state index in [0.29, 0.717) is 11.3 Å². The highest BCUT2D eigenvalue weighted by Crippen LogP contribution is 2.21. The topological polar surface area (TPSA) is 63.6 Å². The minimum absolute atomic E-state index is 0.00867. The summed E-state index contributed by atoms with van der Waals surface area (Å²) in [6.45, 7) is 3.66. The van der Waals surface area contributed by atoms with Gasteiger partial charge in [0.1, 0.15) is 5.75 Å². The summed E-state index contributed by atoms with van der Waals surface area (Å²) in [5, 5.41) is 8.65. The number of aliphatic carboxylic acids is 1. The lowest BCUT2D eigenvalue weighted by Gasteiger charge is -2.10. The lowest BCUT2D eigenvalue weighted by atomic mass is 9.96. The monoisotopic (exact) mass is 250 g/mol. The standard InChI is InChI=1S/C14H18O4/c1-9(7-14(16)17)6-12(15)11-5-4-10(2)13(8-11)18-3/h4-5,8-9H,6-7H2,1-3H3,(H,16,17). The number of ketones is 1.